The summed E-state index contributed by atoms with van der Waals surface area (Å²) in [5.74, 6) is -0.378. The first-order valence-electron chi connectivity index (χ1n) is 8.74. The van der Waals surface area contributed by atoms with Crippen molar-refractivity contribution in [3.63, 3.8) is 0 Å². The molecule has 0 N–H and O–H groups in total. The minimum absolute atomic E-state index is 0.0377. The third-order valence-electron chi connectivity index (χ3n) is 5.27. The number of carbonyl (C=O) groups excluding carboxylic acids is 2. The van der Waals surface area contributed by atoms with Crippen LogP contribution in [-0.4, -0.2) is 29.9 Å². The molecule has 2 aromatic rings. The Morgan fingerprint density at radius 2 is 1.92 bits per heavy atom. The van der Waals surface area contributed by atoms with Crippen molar-refractivity contribution in [1.29, 1.82) is 0 Å². The predicted molar refractivity (Wildman–Crippen MR) is 96.8 cm³/mol. The van der Waals surface area contributed by atoms with E-state index in [2.05, 4.69) is 0 Å². The molecule has 0 spiro atoms. The standard InChI is InChI=1S/C20H21NO3S/c1-24-20(23)17-10-13-6-2-3-7-14(13)11-21(17)19(22)16-12-25-18-9-5-4-8-15(16)18/h2-3,6-7,12,17H,4-5,8-11H2,1H3. The number of ether oxygens (including phenoxy) is 1. The lowest BCUT2D eigenvalue weighted by atomic mass is 9.91. The number of methoxy groups -OCH3 is 1. The zero-order valence-corrected chi connectivity index (χ0v) is 15.1. The average molecular weight is 355 g/mol. The van der Waals surface area contributed by atoms with Gasteiger partial charge in [-0.2, -0.15) is 0 Å². The lowest BCUT2D eigenvalue weighted by Gasteiger charge is -2.35. The molecule has 1 aliphatic carbocycles. The van der Waals surface area contributed by atoms with E-state index in [0.717, 1.165) is 36.0 Å². The third kappa shape index (κ3) is 2.86. The van der Waals surface area contributed by atoms with Crippen LogP contribution in [-0.2, 0) is 35.3 Å². The molecule has 4 nitrogen and oxygen atoms in total. The van der Waals surface area contributed by atoms with E-state index in [1.807, 2.05) is 29.6 Å². The van der Waals surface area contributed by atoms with Crippen LogP contribution in [0.15, 0.2) is 29.6 Å². The molecular formula is C20H21NO3S. The fourth-order valence-corrected chi connectivity index (χ4v) is 5.03. The van der Waals surface area contributed by atoms with Crippen LogP contribution in [0.1, 0.15) is 44.8 Å². The Morgan fingerprint density at radius 1 is 1.16 bits per heavy atom. The molecule has 0 saturated heterocycles. The topological polar surface area (TPSA) is 46.6 Å². The van der Waals surface area contributed by atoms with E-state index < -0.39 is 6.04 Å². The molecule has 1 aromatic carbocycles. The highest BCUT2D eigenvalue weighted by Crippen LogP contribution is 2.33. The summed E-state index contributed by atoms with van der Waals surface area (Å²) < 4.78 is 4.98. The van der Waals surface area contributed by atoms with Gasteiger partial charge in [0, 0.05) is 23.2 Å². The number of aryl methyl sites for hydroxylation is 1. The van der Waals surface area contributed by atoms with Crippen LogP contribution in [0.25, 0.3) is 0 Å². The maximum atomic E-state index is 13.3. The van der Waals surface area contributed by atoms with Gasteiger partial charge in [0.15, 0.2) is 0 Å². The van der Waals surface area contributed by atoms with Crippen LogP contribution in [0.3, 0.4) is 0 Å². The first-order valence-corrected chi connectivity index (χ1v) is 9.62. The van der Waals surface area contributed by atoms with E-state index in [4.69, 9.17) is 4.74 Å². The Labute approximate surface area is 151 Å². The van der Waals surface area contributed by atoms with Crippen molar-refractivity contribution in [2.45, 2.75) is 44.7 Å². The van der Waals surface area contributed by atoms with E-state index in [1.54, 1.807) is 16.2 Å². The zero-order chi connectivity index (χ0) is 17.4. The predicted octanol–water partition coefficient (Wildman–Crippen LogP) is 3.37. The third-order valence-corrected chi connectivity index (χ3v) is 6.36. The van der Waals surface area contributed by atoms with Crippen molar-refractivity contribution < 1.29 is 14.3 Å². The molecule has 1 aliphatic heterocycles. The van der Waals surface area contributed by atoms with Gasteiger partial charge in [-0.05, 0) is 42.4 Å². The maximum Gasteiger partial charge on any atom is 0.328 e. The smallest absolute Gasteiger partial charge is 0.328 e. The second-order valence-corrected chi connectivity index (χ2v) is 7.67. The van der Waals surface area contributed by atoms with Crippen LogP contribution in [0.4, 0.5) is 0 Å². The molecule has 0 bridgehead atoms. The van der Waals surface area contributed by atoms with Crippen molar-refractivity contribution in [2.75, 3.05) is 7.11 Å². The quantitative estimate of drug-likeness (QED) is 0.776. The van der Waals surface area contributed by atoms with E-state index >= 15 is 0 Å². The van der Waals surface area contributed by atoms with Gasteiger partial charge in [-0.3, -0.25) is 4.79 Å². The number of thiophene rings is 1. The SMILES string of the molecule is COC(=O)C1Cc2ccccc2CN1C(=O)c1csc2c1CCCC2. The molecule has 130 valence electrons. The van der Waals surface area contributed by atoms with Crippen molar-refractivity contribution in [1.82, 2.24) is 4.90 Å². The van der Waals surface area contributed by atoms with Crippen molar-refractivity contribution in [2.24, 2.45) is 0 Å². The Morgan fingerprint density at radius 3 is 2.72 bits per heavy atom. The highest BCUT2D eigenvalue weighted by molar-refractivity contribution is 7.10. The van der Waals surface area contributed by atoms with Crippen molar-refractivity contribution in [3.05, 3.63) is 56.8 Å². The van der Waals surface area contributed by atoms with E-state index in [9.17, 15) is 9.59 Å². The molecule has 1 amide bonds. The summed E-state index contributed by atoms with van der Waals surface area (Å²) in [6.45, 7) is 0.458. The number of carbonyl (C=O) groups is 2. The molecule has 4 rings (SSSR count). The minimum Gasteiger partial charge on any atom is -0.467 e. The average Bonchev–Trinajstić information content (AvgIpc) is 3.10. The Hall–Kier alpha value is -2.14. The second-order valence-electron chi connectivity index (χ2n) is 6.70. The van der Waals surface area contributed by atoms with E-state index in [0.29, 0.717) is 13.0 Å². The Balaban J connectivity index is 1.70. The van der Waals surface area contributed by atoms with Crippen LogP contribution < -0.4 is 0 Å². The molecule has 0 radical (unpaired) electrons. The van der Waals surface area contributed by atoms with Gasteiger partial charge >= 0.3 is 5.97 Å². The maximum absolute atomic E-state index is 13.3. The minimum atomic E-state index is -0.549. The summed E-state index contributed by atoms with van der Waals surface area (Å²) in [7, 11) is 1.39. The van der Waals surface area contributed by atoms with Crippen LogP contribution >= 0.6 is 11.3 Å². The lowest BCUT2D eigenvalue weighted by Crippen LogP contribution is -2.49. The van der Waals surface area contributed by atoms with E-state index in [1.165, 1.54) is 24.0 Å². The molecule has 1 unspecified atom stereocenters. The van der Waals surface area contributed by atoms with Crippen molar-refractivity contribution in [3.8, 4) is 0 Å². The fraction of sp³-hybridized carbons (Fsp3) is 0.400. The van der Waals surface area contributed by atoms with Gasteiger partial charge in [-0.1, -0.05) is 24.3 Å². The highest BCUT2D eigenvalue weighted by atomic mass is 32.1. The lowest BCUT2D eigenvalue weighted by molar-refractivity contribution is -0.146. The van der Waals surface area contributed by atoms with Gasteiger partial charge in [0.1, 0.15) is 6.04 Å². The summed E-state index contributed by atoms with van der Waals surface area (Å²) >= 11 is 1.68. The molecular weight excluding hydrogens is 334 g/mol. The van der Waals surface area contributed by atoms with Crippen molar-refractivity contribution >= 4 is 23.2 Å². The van der Waals surface area contributed by atoms with Gasteiger partial charge in [0.05, 0.1) is 12.7 Å². The number of hydrogen-bond donors (Lipinski definition) is 0. The van der Waals surface area contributed by atoms with Gasteiger partial charge in [-0.25, -0.2) is 4.79 Å². The van der Waals surface area contributed by atoms with Gasteiger partial charge in [-0.15, -0.1) is 11.3 Å². The Bertz CT molecular complexity index is 826. The van der Waals surface area contributed by atoms with Gasteiger partial charge in [0.2, 0.25) is 0 Å². The van der Waals surface area contributed by atoms with Crippen LogP contribution in [0.2, 0.25) is 0 Å². The van der Waals surface area contributed by atoms with E-state index in [-0.39, 0.29) is 11.9 Å². The number of benzene rings is 1. The molecule has 0 saturated carbocycles. The zero-order valence-electron chi connectivity index (χ0n) is 14.3. The summed E-state index contributed by atoms with van der Waals surface area (Å²) in [6, 6.07) is 7.46. The van der Waals surface area contributed by atoms with Crippen LogP contribution in [0, 0.1) is 0 Å². The summed E-state index contributed by atoms with van der Waals surface area (Å²) in [6.07, 6.45) is 4.88. The number of fused-ring (bicyclic) bond motifs is 2. The van der Waals surface area contributed by atoms with Crippen LogP contribution in [0.5, 0.6) is 0 Å². The molecule has 1 aromatic heterocycles. The highest BCUT2D eigenvalue weighted by Gasteiger charge is 2.37. The number of amides is 1. The molecule has 5 heteroatoms. The largest absolute Gasteiger partial charge is 0.467 e. The first kappa shape index (κ1) is 16.3. The molecule has 25 heavy (non-hydrogen) atoms. The number of hydrogen-bond acceptors (Lipinski definition) is 4. The Kier molecular flexibility index (Phi) is 4.34. The second kappa shape index (κ2) is 6.64. The summed E-state index contributed by atoms with van der Waals surface area (Å²) in [5, 5.41) is 1.98. The molecule has 0 fully saturated rings. The number of esters is 1. The first-order chi connectivity index (χ1) is 12.2. The molecule has 2 aliphatic rings. The number of nitrogens with zero attached hydrogens (tertiary/aromatic N) is 1. The molecule has 2 heterocycles. The van der Waals surface area contributed by atoms with Gasteiger partial charge < -0.3 is 9.64 Å². The fourth-order valence-electron chi connectivity index (χ4n) is 3.91. The monoisotopic (exact) mass is 355 g/mol. The number of rotatable bonds is 2. The summed E-state index contributed by atoms with van der Waals surface area (Å²) in [4.78, 5) is 28.7. The molecule has 1 atom stereocenters. The normalized spacial score (nSPS) is 19.1. The summed E-state index contributed by atoms with van der Waals surface area (Å²) in [5.41, 5.74) is 4.21. The van der Waals surface area contributed by atoms with Gasteiger partial charge in [0.25, 0.3) is 5.91 Å².